The van der Waals surface area contributed by atoms with Crippen molar-refractivity contribution < 1.29 is 46.9 Å². The number of alkyl halides is 2. The first-order valence-corrected chi connectivity index (χ1v) is 14.3. The number of carbonyl (C=O) groups excluding carboxylic acids is 2. The molecule has 0 radical (unpaired) electrons. The third kappa shape index (κ3) is 6.01. The van der Waals surface area contributed by atoms with Crippen molar-refractivity contribution in [1.82, 2.24) is 9.55 Å². The average molecular weight is 598 g/mol. The zero-order valence-electron chi connectivity index (χ0n) is 22.5. The minimum Gasteiger partial charge on any atom is -0.438 e. The lowest BCUT2D eigenvalue weighted by Crippen LogP contribution is -2.37. The van der Waals surface area contributed by atoms with Crippen molar-refractivity contribution in [2.24, 2.45) is 16.7 Å². The van der Waals surface area contributed by atoms with E-state index in [1.165, 1.54) is 6.07 Å². The Labute approximate surface area is 229 Å². The zero-order chi connectivity index (χ0) is 29.6. The van der Waals surface area contributed by atoms with Gasteiger partial charge < -0.3 is 25.1 Å². The smallest absolute Gasteiger partial charge is 0.351 e. The Morgan fingerprint density at radius 3 is 2.10 bits per heavy atom. The third-order valence-corrected chi connectivity index (χ3v) is 8.73. The molecular weight excluding hydrogens is 564 g/mol. The molecule has 3 N–H and O–H groups in total. The van der Waals surface area contributed by atoms with Crippen LogP contribution in [0, 0.1) is 16.7 Å². The Bertz CT molecular complexity index is 1180. The van der Waals surface area contributed by atoms with Crippen molar-refractivity contribution in [3.63, 3.8) is 0 Å². The van der Waals surface area contributed by atoms with Gasteiger partial charge in [0, 0.05) is 12.1 Å². The summed E-state index contributed by atoms with van der Waals surface area (Å²) < 4.78 is 56.5. The number of fused-ring (bicyclic) bond motifs is 1. The highest BCUT2D eigenvalue weighted by Gasteiger charge is 2.88. The van der Waals surface area contributed by atoms with Gasteiger partial charge in [0.25, 0.3) is 0 Å². The number of nitrogens with two attached hydrogens (primary N) is 1. The Hall–Kier alpha value is -2.09. The van der Waals surface area contributed by atoms with Gasteiger partial charge in [-0.2, -0.15) is 4.98 Å². The van der Waals surface area contributed by atoms with Crippen LogP contribution in [-0.4, -0.2) is 69.6 Å². The number of carbonyl (C=O) groups is 2. The number of rotatable bonds is 10. The van der Waals surface area contributed by atoms with Crippen molar-refractivity contribution in [2.45, 2.75) is 65.1 Å². The lowest BCUT2D eigenvalue weighted by molar-refractivity contribution is -0.162. The summed E-state index contributed by atoms with van der Waals surface area (Å²) >= 11 is 6.09. The van der Waals surface area contributed by atoms with Crippen LogP contribution < -0.4 is 11.4 Å². The van der Waals surface area contributed by atoms with E-state index in [0.29, 0.717) is 0 Å². The largest absolute Gasteiger partial charge is 0.438 e. The van der Waals surface area contributed by atoms with Gasteiger partial charge in [-0.15, -0.1) is 11.6 Å². The summed E-state index contributed by atoms with van der Waals surface area (Å²) in [6.45, 7) is 7.99. The molecule has 0 bridgehead atoms. The first kappa shape index (κ1) is 31.4. The third-order valence-electron chi connectivity index (χ3n) is 6.52. The molecule has 5 atom stereocenters. The number of aromatic nitrogens is 2. The average Bonchev–Trinajstić information content (AvgIpc) is 3.21. The molecule has 1 unspecified atom stereocenters. The first-order valence-electron chi connectivity index (χ1n) is 12.0. The van der Waals surface area contributed by atoms with Gasteiger partial charge in [0.15, 0.2) is 12.4 Å². The van der Waals surface area contributed by atoms with Gasteiger partial charge in [-0.25, -0.2) is 9.18 Å². The Morgan fingerprint density at radius 1 is 1.18 bits per heavy atom. The normalized spacial score (nSPS) is 28.6. The number of aliphatic hydroxyl groups is 1. The highest BCUT2D eigenvalue weighted by Crippen LogP contribution is 2.72. The molecule has 2 heterocycles. The molecule has 16 heteroatoms. The van der Waals surface area contributed by atoms with E-state index in [2.05, 4.69) is 4.98 Å². The van der Waals surface area contributed by atoms with Crippen LogP contribution in [0.3, 0.4) is 0 Å². The number of nitrogen functional groups attached to an aromatic ring is 1. The van der Waals surface area contributed by atoms with Gasteiger partial charge >= 0.3 is 25.2 Å². The SMILES string of the molecule is CC(C)(C)C(=O)OCOP(=O)(CC1[C@@]2(CCl)O[C@@H](n3ccc(N)nc3=O)[C@H](F)[C@@]12O)OCOC(=O)C(C)(C)C. The molecule has 1 aliphatic carbocycles. The van der Waals surface area contributed by atoms with Crippen molar-refractivity contribution in [1.29, 1.82) is 0 Å². The van der Waals surface area contributed by atoms with Crippen LogP contribution in [0.25, 0.3) is 0 Å². The quantitative estimate of drug-likeness (QED) is 0.174. The summed E-state index contributed by atoms with van der Waals surface area (Å²) in [5.74, 6) is -3.09. The summed E-state index contributed by atoms with van der Waals surface area (Å²) in [6, 6.07) is 1.25. The number of anilines is 1. The van der Waals surface area contributed by atoms with Crippen LogP contribution >= 0.6 is 19.2 Å². The van der Waals surface area contributed by atoms with Crippen molar-refractivity contribution in [3.05, 3.63) is 22.7 Å². The molecule has 1 aliphatic heterocycles. The summed E-state index contributed by atoms with van der Waals surface area (Å²) in [6.07, 6.45) is -3.27. The minimum absolute atomic E-state index is 0.0898. The maximum absolute atomic E-state index is 15.6. The van der Waals surface area contributed by atoms with Crippen LogP contribution in [0.5, 0.6) is 0 Å². The second kappa shape index (κ2) is 10.7. The maximum atomic E-state index is 15.6. The first-order chi connectivity index (χ1) is 17.8. The molecule has 1 aromatic rings. The van der Waals surface area contributed by atoms with Crippen LogP contribution in [0.1, 0.15) is 47.8 Å². The summed E-state index contributed by atoms with van der Waals surface area (Å²) in [4.78, 5) is 40.0. The fraction of sp³-hybridized carbons (Fsp3) is 0.739. The van der Waals surface area contributed by atoms with Gasteiger partial charge in [-0.3, -0.25) is 27.8 Å². The topological polar surface area (TPSA) is 178 Å². The summed E-state index contributed by atoms with van der Waals surface area (Å²) in [5, 5.41) is 11.3. The number of nitrogens with zero attached hydrogens (tertiary/aromatic N) is 2. The number of hydrogen-bond donors (Lipinski definition) is 2. The molecule has 3 rings (SSSR count). The molecule has 39 heavy (non-hydrogen) atoms. The summed E-state index contributed by atoms with van der Waals surface area (Å²) in [5.41, 5.74) is -1.26. The van der Waals surface area contributed by atoms with Crippen LogP contribution in [0.15, 0.2) is 17.1 Å². The van der Waals surface area contributed by atoms with E-state index in [-0.39, 0.29) is 5.82 Å². The maximum Gasteiger partial charge on any atom is 0.351 e. The van der Waals surface area contributed by atoms with E-state index in [0.717, 1.165) is 10.8 Å². The summed E-state index contributed by atoms with van der Waals surface area (Å²) in [7, 11) is -4.33. The van der Waals surface area contributed by atoms with Gasteiger partial charge in [-0.05, 0) is 47.6 Å². The predicted octanol–water partition coefficient (Wildman–Crippen LogP) is 2.35. The monoisotopic (exact) mass is 597 g/mol. The second-order valence-electron chi connectivity index (χ2n) is 11.5. The highest BCUT2D eigenvalue weighted by atomic mass is 35.5. The van der Waals surface area contributed by atoms with Crippen molar-refractivity contribution in [2.75, 3.05) is 31.4 Å². The van der Waals surface area contributed by atoms with E-state index in [1.54, 1.807) is 41.5 Å². The number of hydrogen-bond acceptors (Lipinski definition) is 12. The van der Waals surface area contributed by atoms with Crippen LogP contribution in [-0.2, 0) is 37.4 Å². The highest BCUT2D eigenvalue weighted by molar-refractivity contribution is 7.53. The van der Waals surface area contributed by atoms with E-state index in [4.69, 9.17) is 40.6 Å². The molecular formula is C23H34ClFN3O10P. The zero-order valence-corrected chi connectivity index (χ0v) is 24.2. The molecule has 1 saturated heterocycles. The molecule has 220 valence electrons. The van der Waals surface area contributed by atoms with Gasteiger partial charge in [0.05, 0.1) is 22.9 Å². The minimum atomic E-state index is -4.33. The molecule has 13 nitrogen and oxygen atoms in total. The second-order valence-corrected chi connectivity index (χ2v) is 13.9. The van der Waals surface area contributed by atoms with Crippen molar-refractivity contribution in [3.8, 4) is 0 Å². The van der Waals surface area contributed by atoms with Gasteiger partial charge in [0.1, 0.15) is 17.0 Å². The number of halogens is 2. The van der Waals surface area contributed by atoms with E-state index in [9.17, 15) is 24.1 Å². The molecule has 1 saturated carbocycles. The van der Waals surface area contributed by atoms with Crippen molar-refractivity contribution >= 4 is 37.0 Å². The van der Waals surface area contributed by atoms with Gasteiger partial charge in [-0.1, -0.05) is 0 Å². The molecule has 0 aromatic carbocycles. The Morgan fingerprint density at radius 2 is 1.69 bits per heavy atom. The van der Waals surface area contributed by atoms with E-state index < -0.39 is 91.2 Å². The van der Waals surface area contributed by atoms with E-state index in [1.807, 2.05) is 0 Å². The molecule has 0 amide bonds. The number of esters is 2. The predicted molar refractivity (Wildman–Crippen MR) is 135 cm³/mol. The van der Waals surface area contributed by atoms with Crippen LogP contribution in [0.4, 0.5) is 10.2 Å². The lowest BCUT2D eigenvalue weighted by Gasteiger charge is -2.26. The molecule has 2 fully saturated rings. The Kier molecular flexibility index (Phi) is 8.64. The molecule has 0 spiro atoms. The van der Waals surface area contributed by atoms with Gasteiger partial charge in [0.2, 0.25) is 13.6 Å². The standard InChI is InChI=1S/C23H34ClFN3O10P/c1-20(2,3)17(29)34-11-36-39(33,37-12-35-18(30)21(4,5)6)9-13-22(10-24)23(13,32)15(25)16(38-22)28-8-7-14(26)27-19(28)31/h7-8,13,15-16,32H,9-12H2,1-6H3,(H2,26,27,31)/t13?,15-,16+,22+,23-/m0/s1. The fourth-order valence-corrected chi connectivity index (χ4v) is 6.34. The van der Waals surface area contributed by atoms with E-state index >= 15 is 4.39 Å². The fourth-order valence-electron chi connectivity index (χ4n) is 4.15. The number of ether oxygens (including phenoxy) is 3. The molecule has 2 aliphatic rings. The molecule has 1 aromatic heterocycles. The Balaban J connectivity index is 1.79. The lowest BCUT2D eigenvalue weighted by atomic mass is 9.98. The van der Waals surface area contributed by atoms with Crippen LogP contribution in [0.2, 0.25) is 0 Å².